The standard InChI is InChI=1S/C13H18FNO3S/c1-13(18-2)8-5-9-15(10-13)19(16,17)12-7-4-3-6-11(12)14/h3-4,6-7H,5,8-10H2,1-2H3. The fourth-order valence-corrected chi connectivity index (χ4v) is 3.98. The minimum Gasteiger partial charge on any atom is -0.377 e. The summed E-state index contributed by atoms with van der Waals surface area (Å²) in [5.41, 5.74) is -0.503. The van der Waals surface area contributed by atoms with Crippen molar-refractivity contribution in [3.8, 4) is 0 Å². The smallest absolute Gasteiger partial charge is 0.246 e. The predicted molar refractivity (Wildman–Crippen MR) is 69.8 cm³/mol. The van der Waals surface area contributed by atoms with Crippen molar-refractivity contribution in [3.63, 3.8) is 0 Å². The summed E-state index contributed by atoms with van der Waals surface area (Å²) in [6.45, 7) is 2.52. The molecule has 1 unspecified atom stereocenters. The Morgan fingerprint density at radius 1 is 1.37 bits per heavy atom. The minimum absolute atomic E-state index is 0.250. The normalized spacial score (nSPS) is 25.4. The first-order valence-electron chi connectivity index (χ1n) is 6.19. The molecule has 19 heavy (non-hydrogen) atoms. The molecule has 1 fully saturated rings. The number of piperidine rings is 1. The van der Waals surface area contributed by atoms with Gasteiger partial charge in [-0.15, -0.1) is 0 Å². The van der Waals surface area contributed by atoms with Crippen molar-refractivity contribution >= 4 is 10.0 Å². The Kier molecular flexibility index (Phi) is 3.94. The zero-order chi connectivity index (χ0) is 14.1. The van der Waals surface area contributed by atoms with Crippen LogP contribution in [0.1, 0.15) is 19.8 Å². The average molecular weight is 287 g/mol. The lowest BCUT2D eigenvalue weighted by Crippen LogP contribution is -2.49. The second-order valence-electron chi connectivity index (χ2n) is 5.03. The van der Waals surface area contributed by atoms with Gasteiger partial charge in [0.15, 0.2) is 0 Å². The molecule has 0 amide bonds. The number of hydrogen-bond donors (Lipinski definition) is 0. The molecule has 1 aromatic carbocycles. The van der Waals surface area contributed by atoms with Crippen LogP contribution >= 0.6 is 0 Å². The monoisotopic (exact) mass is 287 g/mol. The van der Waals surface area contributed by atoms with Crippen molar-refractivity contribution in [2.24, 2.45) is 0 Å². The van der Waals surface area contributed by atoms with E-state index in [-0.39, 0.29) is 11.4 Å². The first-order valence-corrected chi connectivity index (χ1v) is 7.63. The largest absolute Gasteiger partial charge is 0.377 e. The molecule has 0 spiro atoms. The third-order valence-corrected chi connectivity index (χ3v) is 5.45. The van der Waals surface area contributed by atoms with Gasteiger partial charge in [0.1, 0.15) is 10.7 Å². The van der Waals surface area contributed by atoms with Gasteiger partial charge < -0.3 is 4.74 Å². The molecular formula is C13H18FNO3S. The maximum absolute atomic E-state index is 13.7. The van der Waals surface area contributed by atoms with Crippen LogP contribution in [0, 0.1) is 5.82 Å². The van der Waals surface area contributed by atoms with Crippen molar-refractivity contribution in [2.45, 2.75) is 30.3 Å². The van der Waals surface area contributed by atoms with Gasteiger partial charge in [0, 0.05) is 20.2 Å². The molecule has 1 saturated heterocycles. The molecule has 4 nitrogen and oxygen atoms in total. The van der Waals surface area contributed by atoms with Gasteiger partial charge in [-0.2, -0.15) is 4.31 Å². The molecule has 1 aliphatic heterocycles. The Morgan fingerprint density at radius 3 is 2.68 bits per heavy atom. The van der Waals surface area contributed by atoms with Gasteiger partial charge in [0.25, 0.3) is 0 Å². The summed E-state index contributed by atoms with van der Waals surface area (Å²) in [6.07, 6.45) is 1.50. The van der Waals surface area contributed by atoms with E-state index < -0.39 is 21.4 Å². The van der Waals surface area contributed by atoms with Gasteiger partial charge >= 0.3 is 0 Å². The summed E-state index contributed by atoms with van der Waals surface area (Å²) in [5.74, 6) is -0.716. The number of hydrogen-bond acceptors (Lipinski definition) is 3. The van der Waals surface area contributed by atoms with E-state index in [1.165, 1.54) is 22.5 Å². The molecule has 1 atom stereocenters. The van der Waals surface area contributed by atoms with Crippen LogP contribution in [-0.4, -0.2) is 38.5 Å². The first-order chi connectivity index (χ1) is 8.89. The zero-order valence-corrected chi connectivity index (χ0v) is 11.9. The highest BCUT2D eigenvalue weighted by Gasteiger charge is 2.37. The molecular weight excluding hydrogens is 269 g/mol. The van der Waals surface area contributed by atoms with Crippen LogP contribution in [-0.2, 0) is 14.8 Å². The van der Waals surface area contributed by atoms with E-state index in [0.29, 0.717) is 13.0 Å². The third kappa shape index (κ3) is 2.80. The quantitative estimate of drug-likeness (QED) is 0.854. The lowest BCUT2D eigenvalue weighted by Gasteiger charge is -2.38. The van der Waals surface area contributed by atoms with Crippen molar-refractivity contribution in [2.75, 3.05) is 20.2 Å². The van der Waals surface area contributed by atoms with Crippen molar-refractivity contribution in [1.82, 2.24) is 4.31 Å². The summed E-state index contributed by atoms with van der Waals surface area (Å²) in [6, 6.07) is 5.45. The fraction of sp³-hybridized carbons (Fsp3) is 0.538. The first kappa shape index (κ1) is 14.4. The topological polar surface area (TPSA) is 46.6 Å². The molecule has 6 heteroatoms. The number of sulfonamides is 1. The summed E-state index contributed by atoms with van der Waals surface area (Å²) in [7, 11) is -2.23. The minimum atomic E-state index is -3.80. The van der Waals surface area contributed by atoms with E-state index in [1.54, 1.807) is 7.11 Å². The zero-order valence-electron chi connectivity index (χ0n) is 11.1. The van der Waals surface area contributed by atoms with Crippen LogP contribution in [0.4, 0.5) is 4.39 Å². The van der Waals surface area contributed by atoms with E-state index in [0.717, 1.165) is 12.5 Å². The maximum atomic E-state index is 13.7. The summed E-state index contributed by atoms with van der Waals surface area (Å²) < 4.78 is 45.2. The molecule has 0 N–H and O–H groups in total. The molecule has 0 aromatic heterocycles. The molecule has 1 aliphatic rings. The number of nitrogens with zero attached hydrogens (tertiary/aromatic N) is 1. The summed E-state index contributed by atoms with van der Waals surface area (Å²) in [5, 5.41) is 0. The van der Waals surface area contributed by atoms with Crippen LogP contribution in [0.5, 0.6) is 0 Å². The van der Waals surface area contributed by atoms with Gasteiger partial charge in [0.2, 0.25) is 10.0 Å². The van der Waals surface area contributed by atoms with E-state index in [2.05, 4.69) is 0 Å². The van der Waals surface area contributed by atoms with Crippen LogP contribution < -0.4 is 0 Å². The SMILES string of the molecule is COC1(C)CCCN(S(=O)(=O)c2ccccc2F)C1. The second kappa shape index (κ2) is 5.19. The molecule has 1 aromatic rings. The molecule has 0 radical (unpaired) electrons. The second-order valence-corrected chi connectivity index (χ2v) is 6.93. The van der Waals surface area contributed by atoms with Gasteiger partial charge in [-0.1, -0.05) is 12.1 Å². The Bertz CT molecular complexity index is 561. The van der Waals surface area contributed by atoms with E-state index >= 15 is 0 Å². The number of halogens is 1. The van der Waals surface area contributed by atoms with Gasteiger partial charge in [-0.3, -0.25) is 0 Å². The molecule has 106 valence electrons. The Hall–Kier alpha value is -0.980. The van der Waals surface area contributed by atoms with E-state index in [4.69, 9.17) is 4.74 Å². The van der Waals surface area contributed by atoms with Gasteiger partial charge in [0.05, 0.1) is 5.60 Å². The molecule has 0 bridgehead atoms. The summed E-state index contributed by atoms with van der Waals surface area (Å²) >= 11 is 0. The highest BCUT2D eigenvalue weighted by molar-refractivity contribution is 7.89. The van der Waals surface area contributed by atoms with Crippen LogP contribution in [0.25, 0.3) is 0 Å². The van der Waals surface area contributed by atoms with Gasteiger partial charge in [-0.05, 0) is 31.9 Å². The number of ether oxygens (including phenoxy) is 1. The fourth-order valence-electron chi connectivity index (χ4n) is 2.33. The molecule has 2 rings (SSSR count). The van der Waals surface area contributed by atoms with Crippen LogP contribution in [0.15, 0.2) is 29.2 Å². The average Bonchev–Trinajstić information content (AvgIpc) is 2.39. The van der Waals surface area contributed by atoms with Crippen molar-refractivity contribution < 1.29 is 17.5 Å². The summed E-state index contributed by atoms with van der Waals surface area (Å²) in [4.78, 5) is -0.268. The van der Waals surface area contributed by atoms with Crippen LogP contribution in [0.2, 0.25) is 0 Å². The molecule has 0 aliphatic carbocycles. The van der Waals surface area contributed by atoms with Gasteiger partial charge in [-0.25, -0.2) is 12.8 Å². The highest BCUT2D eigenvalue weighted by atomic mass is 32.2. The molecule has 1 heterocycles. The van der Waals surface area contributed by atoms with E-state index in [1.807, 2.05) is 6.92 Å². The maximum Gasteiger partial charge on any atom is 0.246 e. The van der Waals surface area contributed by atoms with Crippen molar-refractivity contribution in [3.05, 3.63) is 30.1 Å². The van der Waals surface area contributed by atoms with Crippen molar-refractivity contribution in [1.29, 1.82) is 0 Å². The lowest BCUT2D eigenvalue weighted by molar-refractivity contribution is -0.0319. The third-order valence-electron chi connectivity index (χ3n) is 3.57. The predicted octanol–water partition coefficient (Wildman–Crippen LogP) is 2.02. The Balaban J connectivity index is 2.33. The van der Waals surface area contributed by atoms with Crippen LogP contribution in [0.3, 0.4) is 0 Å². The Morgan fingerprint density at radius 2 is 2.05 bits per heavy atom. The van der Waals surface area contributed by atoms with E-state index in [9.17, 15) is 12.8 Å². The number of methoxy groups -OCH3 is 1. The molecule has 0 saturated carbocycles. The highest BCUT2D eigenvalue weighted by Crippen LogP contribution is 2.29. The lowest BCUT2D eigenvalue weighted by atomic mass is 9.96. The number of rotatable bonds is 3. The Labute approximate surface area is 113 Å². The number of benzene rings is 1.